The molecule has 2 heterocycles. The number of aromatic nitrogens is 4. The van der Waals surface area contributed by atoms with Crippen molar-refractivity contribution in [3.8, 4) is 0 Å². The average molecular weight is 525 g/mol. The normalized spacial score (nSPS) is 11.5. The van der Waals surface area contributed by atoms with E-state index >= 15 is 0 Å². The Morgan fingerprint density at radius 2 is 1.13 bits per heavy atom. The number of hydrogen-bond donors (Lipinski definition) is 1. The molecular formula is C16H7Cl4F6N5. The van der Waals surface area contributed by atoms with E-state index < -0.39 is 34.3 Å². The van der Waals surface area contributed by atoms with Gasteiger partial charge in [0.15, 0.2) is 11.4 Å². The minimum absolute atomic E-state index is 0.0466. The van der Waals surface area contributed by atoms with Crippen molar-refractivity contribution in [2.24, 2.45) is 0 Å². The fourth-order valence-electron chi connectivity index (χ4n) is 1.84. The Bertz CT molecular complexity index is 1020. The zero-order chi connectivity index (χ0) is 23.4. The van der Waals surface area contributed by atoms with E-state index in [9.17, 15) is 26.3 Å². The highest BCUT2D eigenvalue weighted by Crippen LogP contribution is 2.31. The van der Waals surface area contributed by atoms with E-state index in [1.54, 1.807) is 24.3 Å². The molecule has 31 heavy (non-hydrogen) atoms. The molecule has 2 aromatic heterocycles. The van der Waals surface area contributed by atoms with Gasteiger partial charge in [-0.25, -0.2) is 19.9 Å². The van der Waals surface area contributed by atoms with Crippen LogP contribution in [0.4, 0.5) is 37.8 Å². The van der Waals surface area contributed by atoms with Crippen LogP contribution in [0.1, 0.15) is 11.4 Å². The van der Waals surface area contributed by atoms with Crippen LogP contribution in [0.15, 0.2) is 36.4 Å². The first-order chi connectivity index (χ1) is 14.2. The van der Waals surface area contributed by atoms with Gasteiger partial charge in [0.05, 0.1) is 0 Å². The molecule has 3 rings (SSSR count). The van der Waals surface area contributed by atoms with Gasteiger partial charge in [-0.1, -0.05) is 23.2 Å². The number of alkyl halides is 6. The summed E-state index contributed by atoms with van der Waals surface area (Å²) in [6.07, 6.45) is -9.13. The second-order valence-electron chi connectivity index (χ2n) is 5.38. The third kappa shape index (κ3) is 8.17. The standard InChI is InChI=1S/C11H6Cl2F3N3.C5HCl2F3N2/c12-6-1-3-7(4-2-6)17-9-5-8(11(14,15)16)18-10(13)19-9;6-3-1-2(5(8,9)10)11-4(7)12-3/h1-5H,(H,17,18,19);1H. The van der Waals surface area contributed by atoms with Gasteiger partial charge in [-0.3, -0.25) is 0 Å². The number of anilines is 2. The molecule has 1 aromatic carbocycles. The number of nitrogens with one attached hydrogen (secondary N) is 1. The van der Waals surface area contributed by atoms with Crippen molar-refractivity contribution < 1.29 is 26.3 Å². The Balaban J connectivity index is 0.000000245. The second-order valence-corrected chi connectivity index (χ2v) is 6.88. The first-order valence-corrected chi connectivity index (χ1v) is 9.17. The molecule has 166 valence electrons. The highest BCUT2D eigenvalue weighted by Gasteiger charge is 2.34. The number of rotatable bonds is 2. The summed E-state index contributed by atoms with van der Waals surface area (Å²) in [5.41, 5.74) is -1.72. The van der Waals surface area contributed by atoms with Crippen molar-refractivity contribution in [2.45, 2.75) is 12.4 Å². The minimum Gasteiger partial charge on any atom is -0.340 e. The lowest BCUT2D eigenvalue weighted by atomic mass is 10.3. The molecule has 0 amide bonds. The smallest absolute Gasteiger partial charge is 0.340 e. The Kier molecular flexibility index (Phi) is 8.15. The molecule has 0 fully saturated rings. The molecule has 0 aliphatic rings. The SMILES string of the molecule is FC(F)(F)c1cc(Cl)nc(Cl)n1.FC(F)(F)c1cc(Nc2ccc(Cl)cc2)nc(Cl)n1. The van der Waals surface area contributed by atoms with Gasteiger partial charge in [0.2, 0.25) is 10.6 Å². The molecule has 0 aliphatic carbocycles. The van der Waals surface area contributed by atoms with E-state index in [0.717, 1.165) is 6.07 Å². The molecule has 0 saturated heterocycles. The molecular weight excluding hydrogens is 518 g/mol. The summed E-state index contributed by atoms with van der Waals surface area (Å²) in [4.78, 5) is 13.0. The van der Waals surface area contributed by atoms with Gasteiger partial charge in [-0.2, -0.15) is 26.3 Å². The minimum atomic E-state index is -4.58. The van der Waals surface area contributed by atoms with E-state index in [1.807, 2.05) is 0 Å². The second kappa shape index (κ2) is 10.0. The van der Waals surface area contributed by atoms with Gasteiger partial charge in [0.1, 0.15) is 11.0 Å². The number of nitrogens with zero attached hydrogens (tertiary/aromatic N) is 4. The molecule has 0 saturated carbocycles. The molecule has 5 nitrogen and oxygen atoms in total. The predicted octanol–water partition coefficient (Wildman–Crippen LogP) is 7.35. The first kappa shape index (κ1) is 25.2. The molecule has 15 heteroatoms. The van der Waals surface area contributed by atoms with Crippen molar-refractivity contribution in [1.29, 1.82) is 0 Å². The molecule has 0 radical (unpaired) electrons. The first-order valence-electron chi connectivity index (χ1n) is 7.65. The van der Waals surface area contributed by atoms with Crippen LogP contribution >= 0.6 is 46.4 Å². The molecule has 0 spiro atoms. The van der Waals surface area contributed by atoms with Crippen LogP contribution in [-0.2, 0) is 12.4 Å². The molecule has 0 bridgehead atoms. The van der Waals surface area contributed by atoms with Crippen LogP contribution in [0.2, 0.25) is 20.7 Å². The highest BCUT2D eigenvalue weighted by atomic mass is 35.5. The summed E-state index contributed by atoms with van der Waals surface area (Å²) in [6.45, 7) is 0. The van der Waals surface area contributed by atoms with Gasteiger partial charge >= 0.3 is 12.4 Å². The van der Waals surface area contributed by atoms with Gasteiger partial charge in [-0.15, -0.1) is 0 Å². The maximum atomic E-state index is 12.5. The zero-order valence-corrected chi connectivity index (χ0v) is 17.6. The summed E-state index contributed by atoms with van der Waals surface area (Å²) < 4.78 is 73.5. The maximum absolute atomic E-state index is 12.5. The lowest BCUT2D eigenvalue weighted by molar-refractivity contribution is -0.142. The Labute approximate surface area is 190 Å². The van der Waals surface area contributed by atoms with Gasteiger partial charge in [0.25, 0.3) is 0 Å². The highest BCUT2D eigenvalue weighted by molar-refractivity contribution is 6.31. The third-order valence-electron chi connectivity index (χ3n) is 3.06. The topological polar surface area (TPSA) is 63.6 Å². The molecule has 3 aromatic rings. The van der Waals surface area contributed by atoms with Crippen LogP contribution in [0.5, 0.6) is 0 Å². The average Bonchev–Trinajstić information content (AvgIpc) is 2.61. The quantitative estimate of drug-likeness (QED) is 0.216. The fourth-order valence-corrected chi connectivity index (χ4v) is 2.56. The summed E-state index contributed by atoms with van der Waals surface area (Å²) in [7, 11) is 0. The van der Waals surface area contributed by atoms with Crippen molar-refractivity contribution in [2.75, 3.05) is 5.32 Å². The summed E-state index contributed by atoms with van der Waals surface area (Å²) in [6, 6.07) is 7.78. The van der Waals surface area contributed by atoms with E-state index in [2.05, 4.69) is 25.3 Å². The van der Waals surface area contributed by atoms with Gasteiger partial charge in [-0.05, 0) is 47.5 Å². The van der Waals surface area contributed by atoms with Crippen LogP contribution in [0, 0.1) is 0 Å². The monoisotopic (exact) mass is 523 g/mol. The van der Waals surface area contributed by atoms with Crippen LogP contribution in [0.25, 0.3) is 0 Å². The van der Waals surface area contributed by atoms with Crippen LogP contribution in [-0.4, -0.2) is 19.9 Å². The van der Waals surface area contributed by atoms with Crippen molar-refractivity contribution in [3.63, 3.8) is 0 Å². The van der Waals surface area contributed by atoms with E-state index in [4.69, 9.17) is 46.4 Å². The Morgan fingerprint density at radius 1 is 0.645 bits per heavy atom. The number of hydrogen-bond acceptors (Lipinski definition) is 5. The Morgan fingerprint density at radius 3 is 1.61 bits per heavy atom. The fraction of sp³-hybridized carbons (Fsp3) is 0.125. The van der Waals surface area contributed by atoms with E-state index in [-0.39, 0.29) is 11.0 Å². The predicted molar refractivity (Wildman–Crippen MR) is 104 cm³/mol. The summed E-state index contributed by atoms with van der Waals surface area (Å²) >= 11 is 21.5. The van der Waals surface area contributed by atoms with Gasteiger partial charge in [0, 0.05) is 22.8 Å². The zero-order valence-electron chi connectivity index (χ0n) is 14.5. The molecule has 0 atom stereocenters. The van der Waals surface area contributed by atoms with Crippen LogP contribution in [0.3, 0.4) is 0 Å². The summed E-state index contributed by atoms with van der Waals surface area (Å²) in [5, 5.41) is 1.88. The number of benzene rings is 1. The number of halogens is 10. The Hall–Kier alpha value is -2.08. The van der Waals surface area contributed by atoms with Crippen molar-refractivity contribution >= 4 is 57.9 Å². The molecule has 0 unspecified atom stereocenters. The summed E-state index contributed by atoms with van der Waals surface area (Å²) in [5.74, 6) is -0.0466. The largest absolute Gasteiger partial charge is 0.433 e. The molecule has 1 N–H and O–H groups in total. The van der Waals surface area contributed by atoms with E-state index in [0.29, 0.717) is 16.8 Å². The van der Waals surface area contributed by atoms with Crippen molar-refractivity contribution in [3.05, 3.63) is 68.5 Å². The van der Waals surface area contributed by atoms with Gasteiger partial charge < -0.3 is 5.32 Å². The van der Waals surface area contributed by atoms with Crippen molar-refractivity contribution in [1.82, 2.24) is 19.9 Å². The lowest BCUT2D eigenvalue weighted by Gasteiger charge is -2.09. The molecule has 0 aliphatic heterocycles. The maximum Gasteiger partial charge on any atom is 0.433 e. The lowest BCUT2D eigenvalue weighted by Crippen LogP contribution is -2.10. The van der Waals surface area contributed by atoms with E-state index in [1.165, 1.54) is 0 Å². The third-order valence-corrected chi connectivity index (χ3v) is 3.85. The van der Waals surface area contributed by atoms with Crippen LogP contribution < -0.4 is 5.32 Å².